The topological polar surface area (TPSA) is 49.3 Å². The van der Waals surface area contributed by atoms with Gasteiger partial charge < -0.3 is 10.4 Å². The number of rotatable bonds is 5. The number of carbonyl (C=O) groups excluding carboxylic acids is 1. The molecule has 0 aliphatic rings. The Morgan fingerprint density at radius 3 is 2.81 bits per heavy atom. The predicted molar refractivity (Wildman–Crippen MR) is 69.8 cm³/mol. The highest BCUT2D eigenvalue weighted by Crippen LogP contribution is 2.20. The lowest BCUT2D eigenvalue weighted by molar-refractivity contribution is 0.0940. The van der Waals surface area contributed by atoms with Gasteiger partial charge in [-0.3, -0.25) is 4.79 Å². The SMILES string of the molecule is CC(O)CC(C)CNC(=O)c1csc(Br)c1. The zero-order valence-electron chi connectivity index (χ0n) is 9.37. The van der Waals surface area contributed by atoms with Crippen LogP contribution in [0.3, 0.4) is 0 Å². The van der Waals surface area contributed by atoms with Crippen molar-refractivity contribution in [2.45, 2.75) is 26.4 Å². The summed E-state index contributed by atoms with van der Waals surface area (Å²) >= 11 is 4.81. The second-order valence-corrected chi connectivity index (χ2v) is 6.33. The van der Waals surface area contributed by atoms with Crippen molar-refractivity contribution in [1.82, 2.24) is 5.32 Å². The molecule has 2 N–H and O–H groups in total. The van der Waals surface area contributed by atoms with E-state index in [0.717, 1.165) is 3.79 Å². The average Bonchev–Trinajstić information content (AvgIpc) is 2.60. The lowest BCUT2D eigenvalue weighted by atomic mass is 10.0. The van der Waals surface area contributed by atoms with E-state index in [1.165, 1.54) is 11.3 Å². The van der Waals surface area contributed by atoms with Crippen LogP contribution < -0.4 is 5.32 Å². The number of hydrogen-bond donors (Lipinski definition) is 2. The van der Waals surface area contributed by atoms with Crippen LogP contribution in [0.4, 0.5) is 0 Å². The third-order valence-corrected chi connectivity index (χ3v) is 3.69. The van der Waals surface area contributed by atoms with Gasteiger partial charge in [0.2, 0.25) is 0 Å². The van der Waals surface area contributed by atoms with Gasteiger partial charge in [0, 0.05) is 11.9 Å². The van der Waals surface area contributed by atoms with Gasteiger partial charge in [-0.25, -0.2) is 0 Å². The molecule has 0 aromatic carbocycles. The normalized spacial score (nSPS) is 14.5. The number of hydrogen-bond acceptors (Lipinski definition) is 3. The molecule has 0 bridgehead atoms. The van der Waals surface area contributed by atoms with Crippen LogP contribution in [-0.2, 0) is 0 Å². The van der Waals surface area contributed by atoms with Crippen LogP contribution in [0.2, 0.25) is 0 Å². The minimum Gasteiger partial charge on any atom is -0.393 e. The lowest BCUT2D eigenvalue weighted by Gasteiger charge is -2.13. The summed E-state index contributed by atoms with van der Waals surface area (Å²) in [6, 6.07) is 1.80. The highest BCUT2D eigenvalue weighted by atomic mass is 79.9. The fourth-order valence-corrected chi connectivity index (χ4v) is 2.60. The third kappa shape index (κ3) is 4.63. The zero-order valence-corrected chi connectivity index (χ0v) is 11.8. The van der Waals surface area contributed by atoms with E-state index >= 15 is 0 Å². The highest BCUT2D eigenvalue weighted by Gasteiger charge is 2.10. The van der Waals surface area contributed by atoms with E-state index in [1.807, 2.05) is 12.3 Å². The summed E-state index contributed by atoms with van der Waals surface area (Å²) in [4.78, 5) is 11.7. The van der Waals surface area contributed by atoms with Crippen molar-refractivity contribution in [1.29, 1.82) is 0 Å². The van der Waals surface area contributed by atoms with Crippen molar-refractivity contribution in [3.8, 4) is 0 Å². The first-order chi connectivity index (χ1) is 7.49. The molecule has 0 saturated heterocycles. The van der Waals surface area contributed by atoms with Crippen LogP contribution in [0, 0.1) is 5.92 Å². The number of amides is 1. The summed E-state index contributed by atoms with van der Waals surface area (Å²) in [5.41, 5.74) is 0.682. The van der Waals surface area contributed by atoms with E-state index < -0.39 is 0 Å². The number of halogens is 1. The van der Waals surface area contributed by atoms with Crippen molar-refractivity contribution in [2.75, 3.05) is 6.54 Å². The van der Waals surface area contributed by atoms with Gasteiger partial charge in [-0.2, -0.15) is 0 Å². The van der Waals surface area contributed by atoms with E-state index in [9.17, 15) is 9.90 Å². The molecule has 5 heteroatoms. The molecule has 0 saturated carbocycles. The molecular formula is C11H16BrNO2S. The molecule has 0 aliphatic heterocycles. The van der Waals surface area contributed by atoms with Gasteiger partial charge in [0.25, 0.3) is 5.91 Å². The van der Waals surface area contributed by atoms with E-state index in [0.29, 0.717) is 18.5 Å². The first-order valence-electron chi connectivity index (χ1n) is 5.19. The minimum atomic E-state index is -0.317. The summed E-state index contributed by atoms with van der Waals surface area (Å²) < 4.78 is 0.953. The summed E-state index contributed by atoms with van der Waals surface area (Å²) in [6.07, 6.45) is 0.385. The van der Waals surface area contributed by atoms with Crippen LogP contribution in [0.5, 0.6) is 0 Å². The molecule has 3 nitrogen and oxygen atoms in total. The quantitative estimate of drug-likeness (QED) is 0.878. The molecule has 0 spiro atoms. The minimum absolute atomic E-state index is 0.0561. The first-order valence-corrected chi connectivity index (χ1v) is 6.86. The van der Waals surface area contributed by atoms with Gasteiger partial charge >= 0.3 is 0 Å². The van der Waals surface area contributed by atoms with Crippen LogP contribution in [0.1, 0.15) is 30.6 Å². The molecule has 1 aromatic rings. The number of nitrogens with one attached hydrogen (secondary N) is 1. The number of thiophene rings is 1. The molecule has 1 amide bonds. The van der Waals surface area contributed by atoms with Gasteiger partial charge in [0.1, 0.15) is 0 Å². The van der Waals surface area contributed by atoms with Gasteiger partial charge in [-0.15, -0.1) is 11.3 Å². The predicted octanol–water partition coefficient (Wildman–Crippen LogP) is 2.65. The Balaban J connectivity index is 2.35. The number of aliphatic hydroxyl groups excluding tert-OH is 1. The Morgan fingerprint density at radius 2 is 2.31 bits per heavy atom. The van der Waals surface area contributed by atoms with E-state index in [2.05, 4.69) is 21.2 Å². The molecule has 1 aromatic heterocycles. The lowest BCUT2D eigenvalue weighted by Crippen LogP contribution is -2.29. The van der Waals surface area contributed by atoms with Crippen molar-refractivity contribution in [2.24, 2.45) is 5.92 Å². The Kier molecular flexibility index (Phi) is 5.44. The number of aliphatic hydroxyl groups is 1. The highest BCUT2D eigenvalue weighted by molar-refractivity contribution is 9.11. The molecule has 1 heterocycles. The number of carbonyl (C=O) groups is 1. The van der Waals surface area contributed by atoms with Gasteiger partial charge in [0.15, 0.2) is 0 Å². The van der Waals surface area contributed by atoms with Crippen molar-refractivity contribution in [3.63, 3.8) is 0 Å². The maximum absolute atomic E-state index is 11.7. The standard InChI is InChI=1S/C11H16BrNO2S/c1-7(3-8(2)14)5-13-11(15)9-4-10(12)16-6-9/h4,6-8,14H,3,5H2,1-2H3,(H,13,15). The fourth-order valence-electron chi connectivity index (χ4n) is 1.46. The zero-order chi connectivity index (χ0) is 12.1. The summed E-state index contributed by atoms with van der Waals surface area (Å²) in [7, 11) is 0. The maximum atomic E-state index is 11.7. The maximum Gasteiger partial charge on any atom is 0.252 e. The van der Waals surface area contributed by atoms with Crippen LogP contribution >= 0.6 is 27.3 Å². The molecule has 16 heavy (non-hydrogen) atoms. The van der Waals surface area contributed by atoms with Crippen molar-refractivity contribution in [3.05, 3.63) is 20.8 Å². The van der Waals surface area contributed by atoms with Gasteiger partial charge in [-0.05, 0) is 41.3 Å². The van der Waals surface area contributed by atoms with Crippen molar-refractivity contribution >= 4 is 33.2 Å². The molecule has 0 radical (unpaired) electrons. The van der Waals surface area contributed by atoms with Crippen LogP contribution in [0.25, 0.3) is 0 Å². The van der Waals surface area contributed by atoms with E-state index in [4.69, 9.17) is 0 Å². The second-order valence-electron chi connectivity index (χ2n) is 4.04. The Bertz CT molecular complexity index is 352. The third-order valence-electron chi connectivity index (χ3n) is 2.18. The monoisotopic (exact) mass is 305 g/mol. The molecule has 90 valence electrons. The van der Waals surface area contributed by atoms with Crippen molar-refractivity contribution < 1.29 is 9.90 Å². The molecule has 1 rings (SSSR count). The molecule has 2 unspecified atom stereocenters. The summed E-state index contributed by atoms with van der Waals surface area (Å²) in [5, 5.41) is 13.9. The van der Waals surface area contributed by atoms with E-state index in [-0.39, 0.29) is 17.9 Å². The van der Waals surface area contributed by atoms with Crippen LogP contribution in [0.15, 0.2) is 15.2 Å². The summed E-state index contributed by atoms with van der Waals surface area (Å²) in [5.74, 6) is 0.227. The molecule has 2 atom stereocenters. The summed E-state index contributed by atoms with van der Waals surface area (Å²) in [6.45, 7) is 4.36. The average molecular weight is 306 g/mol. The first kappa shape index (κ1) is 13.7. The molecule has 0 aliphatic carbocycles. The van der Waals surface area contributed by atoms with Crippen LogP contribution in [-0.4, -0.2) is 23.7 Å². The largest absolute Gasteiger partial charge is 0.393 e. The Labute approximate surface area is 108 Å². The van der Waals surface area contributed by atoms with Gasteiger partial charge in [-0.1, -0.05) is 6.92 Å². The molecular weight excluding hydrogens is 290 g/mol. The van der Waals surface area contributed by atoms with E-state index in [1.54, 1.807) is 13.0 Å². The molecule has 0 fully saturated rings. The Morgan fingerprint density at radius 1 is 1.62 bits per heavy atom. The van der Waals surface area contributed by atoms with Gasteiger partial charge in [0.05, 0.1) is 15.5 Å². The Hall–Kier alpha value is -0.390. The second kappa shape index (κ2) is 6.37. The fraction of sp³-hybridized carbons (Fsp3) is 0.545. The smallest absolute Gasteiger partial charge is 0.252 e.